The number of nitrogens with zero attached hydrogens (tertiary/aromatic N) is 2. The summed E-state index contributed by atoms with van der Waals surface area (Å²) < 4.78 is 0. The monoisotopic (exact) mass is 540 g/mol. The van der Waals surface area contributed by atoms with E-state index in [1.165, 1.54) is 54.3 Å². The Bertz CT molecular complexity index is 2120. The van der Waals surface area contributed by atoms with E-state index in [4.69, 9.17) is 9.97 Å². The molecule has 0 radical (unpaired) electrons. The molecule has 0 atom stereocenters. The van der Waals surface area contributed by atoms with Crippen LogP contribution in [0.1, 0.15) is 0 Å². The van der Waals surface area contributed by atoms with Gasteiger partial charge in [-0.3, -0.25) is 0 Å². The van der Waals surface area contributed by atoms with Gasteiger partial charge in [0.15, 0.2) is 5.82 Å². The molecule has 1 aliphatic rings. The number of aromatic nitrogens is 2. The number of hydrogen-bond acceptors (Lipinski definition) is 2. The van der Waals surface area contributed by atoms with E-state index in [1.807, 2.05) is 0 Å². The lowest BCUT2D eigenvalue weighted by molar-refractivity contribution is 1.21. The molecule has 0 amide bonds. The zero-order valence-corrected chi connectivity index (χ0v) is 24.1. The van der Waals surface area contributed by atoms with Crippen molar-refractivity contribution in [2.75, 3.05) is 0 Å². The highest BCUT2D eigenvalue weighted by atomic mass is 28.3. The van der Waals surface area contributed by atoms with Gasteiger partial charge in [0, 0.05) is 22.0 Å². The van der Waals surface area contributed by atoms with Gasteiger partial charge in [-0.2, -0.15) is 0 Å². The smallest absolute Gasteiger partial charge is 0.159 e. The van der Waals surface area contributed by atoms with E-state index >= 15 is 0 Å². The molecule has 0 unspecified atom stereocenters. The van der Waals surface area contributed by atoms with Gasteiger partial charge in [0.25, 0.3) is 0 Å². The van der Waals surface area contributed by atoms with Crippen molar-refractivity contribution in [2.24, 2.45) is 0 Å². The van der Waals surface area contributed by atoms with E-state index in [-0.39, 0.29) is 0 Å². The second-order valence-corrected chi connectivity index (χ2v) is 15.6. The third-order valence-corrected chi connectivity index (χ3v) is 11.9. The minimum Gasteiger partial charge on any atom is -0.237 e. The quantitative estimate of drug-likeness (QED) is 0.166. The van der Waals surface area contributed by atoms with Crippen molar-refractivity contribution < 1.29 is 0 Å². The Morgan fingerprint density at radius 1 is 0.439 bits per heavy atom. The van der Waals surface area contributed by atoms with Gasteiger partial charge in [0.1, 0.15) is 8.07 Å². The molecule has 3 heteroatoms. The van der Waals surface area contributed by atoms with Crippen molar-refractivity contribution in [1.29, 1.82) is 0 Å². The molecule has 7 aromatic rings. The van der Waals surface area contributed by atoms with Crippen molar-refractivity contribution >= 4 is 40.1 Å². The van der Waals surface area contributed by atoms with Crippen molar-refractivity contribution in [3.63, 3.8) is 0 Å². The third-order valence-electron chi connectivity index (χ3n) is 8.58. The predicted molar refractivity (Wildman–Crippen MR) is 176 cm³/mol. The SMILES string of the molecule is C[Si]1(C)c2nc(-c3cccc(-c4ccccc4)c3)nc(-c3ccccc3)c2-c2c1c1ccccc1c1ccccc21. The van der Waals surface area contributed by atoms with Crippen LogP contribution in [0.25, 0.3) is 66.4 Å². The molecular weight excluding hydrogens is 513 g/mol. The maximum Gasteiger partial charge on any atom is 0.159 e. The molecule has 0 bridgehead atoms. The van der Waals surface area contributed by atoms with Gasteiger partial charge in [0.05, 0.1) is 5.69 Å². The van der Waals surface area contributed by atoms with E-state index in [2.05, 4.69) is 147 Å². The Morgan fingerprint density at radius 3 is 1.68 bits per heavy atom. The van der Waals surface area contributed by atoms with E-state index in [9.17, 15) is 0 Å². The number of benzene rings is 6. The summed E-state index contributed by atoms with van der Waals surface area (Å²) in [7, 11) is -2.22. The molecule has 2 heterocycles. The van der Waals surface area contributed by atoms with Crippen LogP contribution in [0, 0.1) is 0 Å². The summed E-state index contributed by atoms with van der Waals surface area (Å²) in [6, 6.07) is 47.6. The molecule has 0 aliphatic carbocycles. The van der Waals surface area contributed by atoms with Gasteiger partial charge in [0.2, 0.25) is 0 Å². The molecule has 194 valence electrons. The predicted octanol–water partition coefficient (Wildman–Crippen LogP) is 8.59. The topological polar surface area (TPSA) is 25.8 Å². The highest BCUT2D eigenvalue weighted by Crippen LogP contribution is 2.43. The number of fused-ring (bicyclic) bond motifs is 8. The maximum absolute atomic E-state index is 5.48. The fraction of sp³-hybridized carbons (Fsp3) is 0.0526. The first kappa shape index (κ1) is 24.0. The number of hydrogen-bond donors (Lipinski definition) is 0. The molecular formula is C38H28N2Si. The van der Waals surface area contributed by atoms with Crippen LogP contribution in [0.3, 0.4) is 0 Å². The van der Waals surface area contributed by atoms with Gasteiger partial charge >= 0.3 is 0 Å². The molecule has 1 aromatic heterocycles. The summed E-state index contributed by atoms with van der Waals surface area (Å²) >= 11 is 0. The Balaban J connectivity index is 1.47. The fourth-order valence-electron chi connectivity index (χ4n) is 6.72. The lowest BCUT2D eigenvalue weighted by Gasteiger charge is -2.21. The second kappa shape index (κ2) is 9.08. The molecule has 8 rings (SSSR count). The largest absolute Gasteiger partial charge is 0.237 e. The van der Waals surface area contributed by atoms with Crippen molar-refractivity contribution in [1.82, 2.24) is 9.97 Å². The first-order valence-corrected chi connectivity index (χ1v) is 17.2. The Kier molecular flexibility index (Phi) is 5.31. The van der Waals surface area contributed by atoms with Crippen LogP contribution in [0.4, 0.5) is 0 Å². The minimum absolute atomic E-state index is 0.794. The van der Waals surface area contributed by atoms with Gasteiger partial charge in [-0.1, -0.05) is 140 Å². The van der Waals surface area contributed by atoms with Gasteiger partial charge < -0.3 is 0 Å². The summed E-state index contributed by atoms with van der Waals surface area (Å²) in [6.45, 7) is 4.93. The molecule has 0 saturated heterocycles. The Labute approximate surface area is 241 Å². The molecule has 41 heavy (non-hydrogen) atoms. The molecule has 0 saturated carbocycles. The van der Waals surface area contributed by atoms with Crippen molar-refractivity contribution in [2.45, 2.75) is 13.1 Å². The summed E-state index contributed by atoms with van der Waals surface area (Å²) in [5.74, 6) is 0.794. The van der Waals surface area contributed by atoms with E-state index in [0.29, 0.717) is 0 Å². The molecule has 0 fully saturated rings. The van der Waals surface area contributed by atoms with Crippen LogP contribution < -0.4 is 10.5 Å². The van der Waals surface area contributed by atoms with E-state index in [0.717, 1.165) is 22.6 Å². The lowest BCUT2D eigenvalue weighted by Crippen LogP contribution is -2.51. The van der Waals surface area contributed by atoms with Gasteiger partial charge in [-0.05, 0) is 49.5 Å². The van der Waals surface area contributed by atoms with E-state index < -0.39 is 8.07 Å². The lowest BCUT2D eigenvalue weighted by atomic mass is 9.91. The zero-order valence-electron chi connectivity index (χ0n) is 23.1. The van der Waals surface area contributed by atoms with Crippen LogP contribution in [0.5, 0.6) is 0 Å². The second-order valence-electron chi connectivity index (χ2n) is 11.4. The average molecular weight is 541 g/mol. The zero-order chi connectivity index (χ0) is 27.6. The summed E-state index contributed by atoms with van der Waals surface area (Å²) in [4.78, 5) is 10.9. The van der Waals surface area contributed by atoms with Crippen LogP contribution in [-0.4, -0.2) is 18.0 Å². The van der Waals surface area contributed by atoms with Crippen molar-refractivity contribution in [3.05, 3.63) is 133 Å². The molecule has 6 aromatic carbocycles. The molecule has 0 spiro atoms. The number of rotatable bonds is 3. The van der Waals surface area contributed by atoms with Crippen LogP contribution in [-0.2, 0) is 0 Å². The van der Waals surface area contributed by atoms with Gasteiger partial charge in [-0.25, -0.2) is 9.97 Å². The highest BCUT2D eigenvalue weighted by molar-refractivity contribution is 7.05. The van der Waals surface area contributed by atoms with Crippen molar-refractivity contribution in [3.8, 4) is 44.9 Å². The summed E-state index contributed by atoms with van der Waals surface area (Å²) in [5, 5.41) is 7.95. The van der Waals surface area contributed by atoms with E-state index in [1.54, 1.807) is 0 Å². The average Bonchev–Trinajstić information content (AvgIpc) is 3.28. The van der Waals surface area contributed by atoms with Gasteiger partial charge in [-0.15, -0.1) is 0 Å². The Morgan fingerprint density at radius 2 is 0.976 bits per heavy atom. The fourth-order valence-corrected chi connectivity index (χ4v) is 9.99. The van der Waals surface area contributed by atoms with Crippen LogP contribution in [0.2, 0.25) is 13.1 Å². The normalized spacial score (nSPS) is 13.3. The first-order chi connectivity index (χ1) is 20.1. The van der Waals surface area contributed by atoms with Crippen LogP contribution in [0.15, 0.2) is 133 Å². The van der Waals surface area contributed by atoms with Crippen LogP contribution >= 0.6 is 0 Å². The standard InChI is InChI=1S/C38H28N2Si/c1-41(2)36-32-23-12-10-21-30(32)29-20-9-11-22-31(29)33(36)34-35(26-16-7-4-8-17-26)39-37(40-38(34)41)28-19-13-18-27(24-28)25-14-5-3-6-15-25/h3-24H,1-2H3. The summed E-state index contributed by atoms with van der Waals surface area (Å²) in [5.41, 5.74) is 8.10. The summed E-state index contributed by atoms with van der Waals surface area (Å²) in [6.07, 6.45) is 0. The highest BCUT2D eigenvalue weighted by Gasteiger charge is 2.44. The molecule has 0 N–H and O–H groups in total. The molecule has 2 nitrogen and oxygen atoms in total. The third kappa shape index (κ3) is 3.63. The Hall–Kier alpha value is -4.86. The first-order valence-electron chi connectivity index (χ1n) is 14.2. The maximum atomic E-state index is 5.48. The molecule has 1 aliphatic heterocycles. The minimum atomic E-state index is -2.22.